The maximum Gasteiger partial charge on any atom is 0.339 e. The molecule has 0 bridgehead atoms. The van der Waals surface area contributed by atoms with E-state index in [0.717, 1.165) is 23.8 Å². The lowest BCUT2D eigenvalue weighted by molar-refractivity contribution is 0.0599. The number of aromatic nitrogens is 4. The molecule has 0 aliphatic heterocycles. The van der Waals surface area contributed by atoms with Gasteiger partial charge in [-0.05, 0) is 52.0 Å². The van der Waals surface area contributed by atoms with Gasteiger partial charge in [0, 0.05) is 17.7 Å². The summed E-state index contributed by atoms with van der Waals surface area (Å²) >= 11 is 1.45. The van der Waals surface area contributed by atoms with Gasteiger partial charge in [0.25, 0.3) is 0 Å². The molecule has 2 aliphatic carbocycles. The third-order valence-corrected chi connectivity index (χ3v) is 6.33. The van der Waals surface area contributed by atoms with Crippen molar-refractivity contribution >= 4 is 23.5 Å². The molecular formula is C19H24N4O3S. The number of nitrogens with zero attached hydrogens (tertiary/aromatic N) is 3. The molecule has 7 nitrogen and oxygen atoms in total. The van der Waals surface area contributed by atoms with Crippen LogP contribution in [0, 0.1) is 13.8 Å². The molecule has 0 amide bonds. The molecule has 0 unspecified atom stereocenters. The Morgan fingerprint density at radius 2 is 1.93 bits per heavy atom. The maximum absolute atomic E-state index is 13.0. The van der Waals surface area contributed by atoms with E-state index in [1.165, 1.54) is 31.7 Å². The number of rotatable bonds is 7. The Labute approximate surface area is 162 Å². The van der Waals surface area contributed by atoms with Gasteiger partial charge >= 0.3 is 5.97 Å². The molecular weight excluding hydrogens is 364 g/mol. The molecule has 0 saturated heterocycles. The average Bonchev–Trinajstić information content (AvgIpc) is 3.57. The van der Waals surface area contributed by atoms with Crippen LogP contribution in [-0.4, -0.2) is 43.9 Å². The first-order valence-electron chi connectivity index (χ1n) is 9.35. The Morgan fingerprint density at radius 3 is 2.52 bits per heavy atom. The summed E-state index contributed by atoms with van der Waals surface area (Å²) in [5, 5.41) is 9.28. The quantitative estimate of drug-likeness (QED) is 0.443. The van der Waals surface area contributed by atoms with E-state index in [9.17, 15) is 9.59 Å². The minimum atomic E-state index is -0.428. The molecule has 0 radical (unpaired) electrons. The van der Waals surface area contributed by atoms with Crippen molar-refractivity contribution in [3.63, 3.8) is 0 Å². The Hall–Kier alpha value is -2.09. The summed E-state index contributed by atoms with van der Waals surface area (Å²) in [6.45, 7) is 5.43. The number of hydrogen-bond acceptors (Lipinski definition) is 6. The van der Waals surface area contributed by atoms with Crippen LogP contribution >= 0.6 is 11.8 Å². The van der Waals surface area contributed by atoms with Crippen LogP contribution in [0.25, 0.3) is 0 Å². The molecule has 2 heterocycles. The van der Waals surface area contributed by atoms with Crippen LogP contribution in [-0.2, 0) is 4.74 Å². The summed E-state index contributed by atoms with van der Waals surface area (Å²) in [6.07, 6.45) is 4.68. The number of H-pyrrole nitrogens is 1. The van der Waals surface area contributed by atoms with Gasteiger partial charge in [0.15, 0.2) is 10.9 Å². The smallest absolute Gasteiger partial charge is 0.339 e. The molecule has 2 fully saturated rings. The van der Waals surface area contributed by atoms with Crippen molar-refractivity contribution < 1.29 is 14.3 Å². The first-order chi connectivity index (χ1) is 12.9. The predicted octanol–water partition coefficient (Wildman–Crippen LogP) is 3.59. The highest BCUT2D eigenvalue weighted by Crippen LogP contribution is 2.46. The number of carbonyl (C=O) groups excluding carboxylic acids is 2. The van der Waals surface area contributed by atoms with Crippen molar-refractivity contribution in [3.8, 4) is 0 Å². The zero-order chi connectivity index (χ0) is 19.3. The van der Waals surface area contributed by atoms with Crippen LogP contribution in [0.3, 0.4) is 0 Å². The summed E-state index contributed by atoms with van der Waals surface area (Å²) in [5.41, 5.74) is 2.19. The number of Topliss-reactive ketones (excluding diaryl/α,β-unsaturated/α-hetero) is 1. The number of hydrogen-bond donors (Lipinski definition) is 1. The van der Waals surface area contributed by atoms with E-state index < -0.39 is 5.97 Å². The number of carbonyl (C=O) groups is 2. The van der Waals surface area contributed by atoms with Crippen LogP contribution in [0.15, 0.2) is 5.16 Å². The van der Waals surface area contributed by atoms with Gasteiger partial charge in [-0.1, -0.05) is 11.8 Å². The van der Waals surface area contributed by atoms with Gasteiger partial charge in [-0.15, -0.1) is 10.2 Å². The molecule has 2 aliphatic rings. The normalized spacial score (nSPS) is 17.8. The van der Waals surface area contributed by atoms with Crippen molar-refractivity contribution in [2.45, 2.75) is 68.8 Å². The van der Waals surface area contributed by atoms with E-state index in [1.54, 1.807) is 13.8 Å². The van der Waals surface area contributed by atoms with Crippen molar-refractivity contribution in [2.24, 2.45) is 0 Å². The second-order valence-electron chi connectivity index (χ2n) is 7.46. The number of nitrogens with one attached hydrogen (secondary N) is 1. The number of ketones is 1. The number of thioether (sulfide) groups is 1. The Kier molecular flexibility index (Phi) is 4.61. The summed E-state index contributed by atoms with van der Waals surface area (Å²) in [6, 6.07) is 0.487. The summed E-state index contributed by atoms with van der Waals surface area (Å²) in [5.74, 6) is 1.14. The van der Waals surface area contributed by atoms with Crippen LogP contribution < -0.4 is 0 Å². The van der Waals surface area contributed by atoms with Gasteiger partial charge in [-0.3, -0.25) is 4.79 Å². The number of aromatic amines is 1. The number of esters is 1. The number of methoxy groups -OCH3 is 1. The van der Waals surface area contributed by atoms with E-state index in [1.807, 2.05) is 6.92 Å². The first-order valence-corrected chi connectivity index (χ1v) is 10.2. The molecule has 4 rings (SSSR count). The molecule has 2 aromatic rings. The fraction of sp³-hybridized carbons (Fsp3) is 0.579. The van der Waals surface area contributed by atoms with Gasteiger partial charge in [0.2, 0.25) is 0 Å². The topological polar surface area (TPSA) is 89.9 Å². The first kappa shape index (κ1) is 18.3. The molecule has 27 heavy (non-hydrogen) atoms. The lowest BCUT2D eigenvalue weighted by Gasteiger charge is -2.12. The second kappa shape index (κ2) is 6.82. The van der Waals surface area contributed by atoms with Crippen molar-refractivity contribution in [1.29, 1.82) is 0 Å². The van der Waals surface area contributed by atoms with Crippen LogP contribution in [0.4, 0.5) is 0 Å². The van der Waals surface area contributed by atoms with Gasteiger partial charge in [-0.25, -0.2) is 4.79 Å². The zero-order valence-corrected chi connectivity index (χ0v) is 16.9. The molecule has 144 valence electrons. The maximum atomic E-state index is 13.0. The largest absolute Gasteiger partial charge is 0.465 e. The van der Waals surface area contributed by atoms with Crippen molar-refractivity contribution in [2.75, 3.05) is 7.11 Å². The van der Waals surface area contributed by atoms with E-state index in [-0.39, 0.29) is 11.0 Å². The van der Waals surface area contributed by atoms with Crippen LogP contribution in [0.5, 0.6) is 0 Å². The van der Waals surface area contributed by atoms with Crippen molar-refractivity contribution in [3.05, 3.63) is 28.3 Å². The minimum Gasteiger partial charge on any atom is -0.465 e. The highest BCUT2D eigenvalue weighted by atomic mass is 32.2. The van der Waals surface area contributed by atoms with E-state index in [4.69, 9.17) is 4.74 Å². The molecule has 1 atom stereocenters. The third-order valence-electron chi connectivity index (χ3n) is 5.27. The van der Waals surface area contributed by atoms with Gasteiger partial charge in [-0.2, -0.15) is 0 Å². The predicted molar refractivity (Wildman–Crippen MR) is 102 cm³/mol. The lowest BCUT2D eigenvalue weighted by atomic mass is 10.1. The molecule has 0 aromatic carbocycles. The molecule has 8 heteroatoms. The van der Waals surface area contributed by atoms with E-state index in [2.05, 4.69) is 19.7 Å². The lowest BCUT2D eigenvalue weighted by Crippen LogP contribution is -2.16. The SMILES string of the molecule is COC(=O)c1c(C)[nH]c(C(=O)[C@@H](C)Sc2nnc(C3CC3)n2C2CC2)c1C. The minimum absolute atomic E-state index is 0.0472. The summed E-state index contributed by atoms with van der Waals surface area (Å²) in [4.78, 5) is 28.1. The highest BCUT2D eigenvalue weighted by molar-refractivity contribution is 8.00. The van der Waals surface area contributed by atoms with Gasteiger partial charge in [0.05, 0.1) is 23.6 Å². The van der Waals surface area contributed by atoms with E-state index in [0.29, 0.717) is 34.5 Å². The molecule has 0 spiro atoms. The Bertz CT molecular complexity index is 908. The van der Waals surface area contributed by atoms with Gasteiger partial charge in [0.1, 0.15) is 5.82 Å². The Morgan fingerprint density at radius 1 is 1.22 bits per heavy atom. The number of ether oxygens (including phenoxy) is 1. The molecule has 2 saturated carbocycles. The van der Waals surface area contributed by atoms with Crippen molar-refractivity contribution in [1.82, 2.24) is 19.7 Å². The Balaban J connectivity index is 1.57. The fourth-order valence-corrected chi connectivity index (χ4v) is 4.47. The summed E-state index contributed by atoms with van der Waals surface area (Å²) in [7, 11) is 1.34. The van der Waals surface area contributed by atoms with Crippen LogP contribution in [0.2, 0.25) is 0 Å². The van der Waals surface area contributed by atoms with Gasteiger partial charge < -0.3 is 14.3 Å². The standard InChI is InChI=1S/C19H24N4O3S/c1-9-14(18(25)26-4)10(2)20-15(9)16(24)11(3)27-19-22-21-17(12-5-6-12)23(19)13-7-8-13/h11-13,20H,5-8H2,1-4H3/t11-/m1/s1. The monoisotopic (exact) mass is 388 g/mol. The van der Waals surface area contributed by atoms with E-state index >= 15 is 0 Å². The zero-order valence-electron chi connectivity index (χ0n) is 16.0. The average molecular weight is 388 g/mol. The molecule has 2 aromatic heterocycles. The number of aryl methyl sites for hydroxylation is 1. The molecule has 1 N–H and O–H groups in total. The second-order valence-corrected chi connectivity index (χ2v) is 8.77. The van der Waals surface area contributed by atoms with Crippen LogP contribution in [0.1, 0.15) is 82.5 Å². The summed E-state index contributed by atoms with van der Waals surface area (Å²) < 4.78 is 7.08. The third kappa shape index (κ3) is 3.31. The highest BCUT2D eigenvalue weighted by Gasteiger charge is 2.37. The fourth-order valence-electron chi connectivity index (χ4n) is 3.48.